The molecule has 5 nitrogen and oxygen atoms in total. The number of fused-ring (bicyclic) bond motifs is 1. The van der Waals surface area contributed by atoms with Crippen LogP contribution in [-0.2, 0) is 17.8 Å². The van der Waals surface area contributed by atoms with Gasteiger partial charge in [0.2, 0.25) is 0 Å². The van der Waals surface area contributed by atoms with Crippen LogP contribution < -0.4 is 5.48 Å². The maximum Gasteiger partial charge on any atom is 0.274 e. The van der Waals surface area contributed by atoms with Crippen LogP contribution >= 0.6 is 11.3 Å². The largest absolute Gasteiger partial charge is 0.334 e. The Balaban J connectivity index is 1.66. The zero-order chi connectivity index (χ0) is 21.1. The van der Waals surface area contributed by atoms with Crippen LogP contribution in [0.25, 0.3) is 11.6 Å². The summed E-state index contributed by atoms with van der Waals surface area (Å²) in [5.41, 5.74) is 5.04. The van der Waals surface area contributed by atoms with Crippen molar-refractivity contribution in [3.05, 3.63) is 92.9 Å². The van der Waals surface area contributed by atoms with Gasteiger partial charge in [0.05, 0.1) is 0 Å². The molecule has 2 amide bonds. The number of benzene rings is 2. The number of nitrogens with one attached hydrogen (secondary N) is 1. The van der Waals surface area contributed by atoms with E-state index in [4.69, 9.17) is 5.21 Å². The molecule has 3 aromatic rings. The van der Waals surface area contributed by atoms with E-state index in [2.05, 4.69) is 0 Å². The molecule has 30 heavy (non-hydrogen) atoms. The second kappa shape index (κ2) is 8.61. The Morgan fingerprint density at radius 1 is 1.07 bits per heavy atom. The molecule has 0 bridgehead atoms. The van der Waals surface area contributed by atoms with Gasteiger partial charge in [-0.15, -0.1) is 11.3 Å². The van der Waals surface area contributed by atoms with Gasteiger partial charge in [-0.25, -0.2) is 9.87 Å². The smallest absolute Gasteiger partial charge is 0.274 e. The van der Waals surface area contributed by atoms with Crippen molar-refractivity contribution in [1.82, 2.24) is 10.4 Å². The molecule has 0 unspecified atom stereocenters. The maximum absolute atomic E-state index is 13.4. The highest BCUT2D eigenvalue weighted by Gasteiger charge is 2.25. The summed E-state index contributed by atoms with van der Waals surface area (Å²) < 4.78 is 13.4. The summed E-state index contributed by atoms with van der Waals surface area (Å²) in [6, 6.07) is 14.9. The summed E-state index contributed by atoms with van der Waals surface area (Å²) in [7, 11) is 0. The van der Waals surface area contributed by atoms with E-state index in [-0.39, 0.29) is 11.7 Å². The minimum Gasteiger partial charge on any atom is -0.334 e. The van der Waals surface area contributed by atoms with Gasteiger partial charge in [-0.1, -0.05) is 24.3 Å². The van der Waals surface area contributed by atoms with Gasteiger partial charge in [-0.05, 0) is 64.9 Å². The number of rotatable bonds is 4. The fourth-order valence-electron chi connectivity index (χ4n) is 3.52. The molecule has 1 aromatic heterocycles. The molecule has 2 aromatic carbocycles. The molecule has 0 spiro atoms. The number of carbonyl (C=O) groups excluding carboxylic acids is 2. The van der Waals surface area contributed by atoms with Crippen molar-refractivity contribution in [1.29, 1.82) is 0 Å². The lowest BCUT2D eigenvalue weighted by atomic mass is 9.95. The summed E-state index contributed by atoms with van der Waals surface area (Å²) in [6.45, 7) is 0.893. The molecule has 2 N–H and O–H groups in total. The molecule has 0 atom stereocenters. The van der Waals surface area contributed by atoms with Crippen LogP contribution in [0.1, 0.15) is 31.9 Å². The van der Waals surface area contributed by atoms with Crippen LogP contribution in [0.3, 0.4) is 0 Å². The molecule has 0 aliphatic carbocycles. The number of hydrogen-bond donors (Lipinski definition) is 2. The second-order valence-corrected chi connectivity index (χ2v) is 7.96. The summed E-state index contributed by atoms with van der Waals surface area (Å²) in [5, 5.41) is 10.8. The van der Waals surface area contributed by atoms with Gasteiger partial charge >= 0.3 is 0 Å². The number of amides is 2. The van der Waals surface area contributed by atoms with E-state index >= 15 is 0 Å². The van der Waals surface area contributed by atoms with E-state index in [1.54, 1.807) is 34.6 Å². The minimum absolute atomic E-state index is 0.155. The molecule has 0 radical (unpaired) electrons. The minimum atomic E-state index is -0.592. The SMILES string of the molecule is O=C(NO)c1ccc2c(c1)CN(C(=O)/C(=C/c1cccs1)c1ccc(F)cc1)CC2. The van der Waals surface area contributed by atoms with Crippen LogP contribution in [0.2, 0.25) is 0 Å². The monoisotopic (exact) mass is 422 g/mol. The topological polar surface area (TPSA) is 69.6 Å². The van der Waals surface area contributed by atoms with Crippen molar-refractivity contribution >= 4 is 34.8 Å². The fraction of sp³-hybridized carbons (Fsp3) is 0.130. The molecule has 0 fully saturated rings. The molecule has 0 saturated carbocycles. The Labute approximate surface area is 177 Å². The highest BCUT2D eigenvalue weighted by Crippen LogP contribution is 2.27. The Morgan fingerprint density at radius 2 is 1.83 bits per heavy atom. The quantitative estimate of drug-likeness (QED) is 0.377. The standard InChI is InChI=1S/C23H19FN2O3S/c24-19-7-5-16(6-8-19)21(13-20-2-1-11-30-20)23(28)26-10-9-15-3-4-17(22(27)25-29)12-18(15)14-26/h1-8,11-13,29H,9-10,14H2,(H,25,27)/b21-13+. The number of nitrogens with zero attached hydrogens (tertiary/aromatic N) is 1. The van der Waals surface area contributed by atoms with Crippen LogP contribution in [0, 0.1) is 5.82 Å². The number of hydroxylamine groups is 1. The molecular formula is C23H19FN2O3S. The first kappa shape index (κ1) is 20.0. The van der Waals surface area contributed by atoms with Crippen LogP contribution in [0.15, 0.2) is 60.0 Å². The van der Waals surface area contributed by atoms with Gasteiger partial charge in [-0.3, -0.25) is 14.8 Å². The Bertz CT molecular complexity index is 1110. The van der Waals surface area contributed by atoms with Crippen LogP contribution in [-0.4, -0.2) is 28.5 Å². The molecule has 1 aliphatic heterocycles. The predicted molar refractivity (Wildman–Crippen MR) is 113 cm³/mol. The third kappa shape index (κ3) is 4.17. The second-order valence-electron chi connectivity index (χ2n) is 6.98. The van der Waals surface area contributed by atoms with Gasteiger partial charge < -0.3 is 4.90 Å². The number of thiophene rings is 1. The summed E-state index contributed by atoms with van der Waals surface area (Å²) in [6.07, 6.45) is 2.49. The number of carbonyl (C=O) groups is 2. The Hall–Kier alpha value is -3.29. The molecule has 7 heteroatoms. The van der Waals surface area contributed by atoms with Gasteiger partial charge in [-0.2, -0.15) is 0 Å². The van der Waals surface area contributed by atoms with Gasteiger partial charge in [0.25, 0.3) is 11.8 Å². The molecule has 0 saturated heterocycles. The number of hydrogen-bond acceptors (Lipinski definition) is 4. The van der Waals surface area contributed by atoms with E-state index in [1.165, 1.54) is 23.5 Å². The van der Waals surface area contributed by atoms with E-state index in [9.17, 15) is 14.0 Å². The third-order valence-corrected chi connectivity index (χ3v) is 5.90. The first-order valence-corrected chi connectivity index (χ1v) is 10.3. The van der Waals surface area contributed by atoms with Crippen molar-refractivity contribution in [2.24, 2.45) is 0 Å². The van der Waals surface area contributed by atoms with Crippen LogP contribution in [0.4, 0.5) is 4.39 Å². The highest BCUT2D eigenvalue weighted by atomic mass is 32.1. The highest BCUT2D eigenvalue weighted by molar-refractivity contribution is 7.11. The van der Waals surface area contributed by atoms with Crippen molar-refractivity contribution in [3.8, 4) is 0 Å². The van der Waals surface area contributed by atoms with E-state index in [0.717, 1.165) is 16.0 Å². The van der Waals surface area contributed by atoms with Crippen LogP contribution in [0.5, 0.6) is 0 Å². The van der Waals surface area contributed by atoms with Gasteiger partial charge in [0.1, 0.15) is 5.82 Å². The van der Waals surface area contributed by atoms with Crippen molar-refractivity contribution < 1.29 is 19.2 Å². The molecular weight excluding hydrogens is 403 g/mol. The molecule has 4 rings (SSSR count). The molecule has 1 aliphatic rings. The molecule has 152 valence electrons. The zero-order valence-electron chi connectivity index (χ0n) is 16.0. The Kier molecular flexibility index (Phi) is 5.74. The Morgan fingerprint density at radius 3 is 2.53 bits per heavy atom. The summed E-state index contributed by atoms with van der Waals surface area (Å²) in [5.74, 6) is -1.10. The summed E-state index contributed by atoms with van der Waals surface area (Å²) in [4.78, 5) is 27.8. The lowest BCUT2D eigenvalue weighted by Gasteiger charge is -2.30. The van der Waals surface area contributed by atoms with Crippen molar-refractivity contribution in [3.63, 3.8) is 0 Å². The lowest BCUT2D eigenvalue weighted by molar-refractivity contribution is -0.125. The van der Waals surface area contributed by atoms with Gasteiger partial charge in [0, 0.05) is 29.1 Å². The average molecular weight is 422 g/mol. The van der Waals surface area contributed by atoms with Crippen molar-refractivity contribution in [2.45, 2.75) is 13.0 Å². The first-order valence-electron chi connectivity index (χ1n) is 9.42. The normalized spacial score (nSPS) is 13.7. The third-order valence-electron chi connectivity index (χ3n) is 5.08. The first-order chi connectivity index (χ1) is 14.5. The van der Waals surface area contributed by atoms with E-state index in [1.807, 2.05) is 29.7 Å². The summed E-state index contributed by atoms with van der Waals surface area (Å²) >= 11 is 1.52. The van der Waals surface area contributed by atoms with Gasteiger partial charge in [0.15, 0.2) is 0 Å². The van der Waals surface area contributed by atoms with E-state index < -0.39 is 5.91 Å². The lowest BCUT2D eigenvalue weighted by Crippen LogP contribution is -2.36. The van der Waals surface area contributed by atoms with Crippen molar-refractivity contribution in [2.75, 3.05) is 6.54 Å². The van der Waals surface area contributed by atoms with E-state index in [0.29, 0.717) is 36.2 Å². The maximum atomic E-state index is 13.4. The average Bonchev–Trinajstić information content (AvgIpc) is 3.29. The fourth-order valence-corrected chi connectivity index (χ4v) is 4.18. The number of halogens is 1. The predicted octanol–water partition coefficient (Wildman–Crippen LogP) is 4.13. The zero-order valence-corrected chi connectivity index (χ0v) is 16.8. The molecule has 2 heterocycles.